The molecule has 0 radical (unpaired) electrons. The monoisotopic (exact) mass is 235 g/mol. The minimum atomic E-state index is 0.0733. The molecule has 0 aliphatic rings. The Morgan fingerprint density at radius 3 is 2.88 bits per heavy atom. The molecule has 2 aromatic heterocycles. The second-order valence-corrected chi connectivity index (χ2v) is 4.07. The first kappa shape index (κ1) is 11.9. The number of rotatable bonds is 5. The minimum Gasteiger partial charge on any atom is -0.469 e. The van der Waals surface area contributed by atoms with Gasteiger partial charge in [-0.1, -0.05) is 6.92 Å². The molecule has 1 unspecified atom stereocenters. The molecule has 1 N–H and O–H groups in total. The summed E-state index contributed by atoms with van der Waals surface area (Å²) in [6.45, 7) is 6.94. The van der Waals surface area contributed by atoms with Crippen LogP contribution in [0.2, 0.25) is 0 Å². The SMILES string of the molecule is CCCNC(C)c1nnc(-c2coc(C)c2)o1. The summed E-state index contributed by atoms with van der Waals surface area (Å²) in [5.74, 6) is 1.94. The van der Waals surface area contributed by atoms with E-state index >= 15 is 0 Å². The molecule has 2 rings (SSSR count). The fourth-order valence-corrected chi connectivity index (χ4v) is 1.53. The van der Waals surface area contributed by atoms with Gasteiger partial charge < -0.3 is 14.2 Å². The number of furan rings is 1. The van der Waals surface area contributed by atoms with Crippen LogP contribution in [0.5, 0.6) is 0 Å². The van der Waals surface area contributed by atoms with Crippen LogP contribution in [0.15, 0.2) is 21.2 Å². The largest absolute Gasteiger partial charge is 0.469 e. The van der Waals surface area contributed by atoms with Crippen LogP contribution in [0.25, 0.3) is 11.5 Å². The quantitative estimate of drug-likeness (QED) is 0.863. The van der Waals surface area contributed by atoms with E-state index < -0.39 is 0 Å². The van der Waals surface area contributed by atoms with Gasteiger partial charge in [0.1, 0.15) is 12.0 Å². The summed E-state index contributed by atoms with van der Waals surface area (Å²) in [7, 11) is 0. The van der Waals surface area contributed by atoms with E-state index in [1.54, 1.807) is 6.26 Å². The van der Waals surface area contributed by atoms with Crippen LogP contribution >= 0.6 is 0 Å². The van der Waals surface area contributed by atoms with Crippen molar-refractivity contribution in [1.82, 2.24) is 15.5 Å². The van der Waals surface area contributed by atoms with Gasteiger partial charge in [0.05, 0.1) is 11.6 Å². The van der Waals surface area contributed by atoms with Crippen molar-refractivity contribution in [2.24, 2.45) is 0 Å². The maximum Gasteiger partial charge on any atom is 0.251 e. The van der Waals surface area contributed by atoms with Crippen LogP contribution in [0, 0.1) is 6.92 Å². The molecule has 5 nitrogen and oxygen atoms in total. The number of hydrogen-bond acceptors (Lipinski definition) is 5. The highest BCUT2D eigenvalue weighted by molar-refractivity contribution is 5.50. The smallest absolute Gasteiger partial charge is 0.251 e. The molecule has 5 heteroatoms. The normalized spacial score (nSPS) is 12.9. The Labute approximate surface area is 100 Å². The van der Waals surface area contributed by atoms with Crippen LogP contribution in [-0.4, -0.2) is 16.7 Å². The lowest BCUT2D eigenvalue weighted by molar-refractivity contribution is 0.422. The molecule has 2 aromatic rings. The predicted molar refractivity (Wildman–Crippen MR) is 63.4 cm³/mol. The average molecular weight is 235 g/mol. The summed E-state index contributed by atoms with van der Waals surface area (Å²) in [4.78, 5) is 0. The zero-order valence-corrected chi connectivity index (χ0v) is 10.4. The first-order valence-corrected chi connectivity index (χ1v) is 5.83. The molecular formula is C12H17N3O2. The van der Waals surface area contributed by atoms with Crippen LogP contribution < -0.4 is 5.32 Å². The van der Waals surface area contributed by atoms with E-state index in [9.17, 15) is 0 Å². The van der Waals surface area contributed by atoms with Crippen LogP contribution in [0.1, 0.15) is 38.0 Å². The fourth-order valence-electron chi connectivity index (χ4n) is 1.53. The highest BCUT2D eigenvalue weighted by Gasteiger charge is 2.15. The summed E-state index contributed by atoms with van der Waals surface area (Å²) < 4.78 is 10.8. The molecule has 1 atom stereocenters. The number of hydrogen-bond donors (Lipinski definition) is 1. The van der Waals surface area contributed by atoms with E-state index in [4.69, 9.17) is 8.83 Å². The average Bonchev–Trinajstić information content (AvgIpc) is 2.93. The van der Waals surface area contributed by atoms with Crippen molar-refractivity contribution in [2.45, 2.75) is 33.2 Å². The van der Waals surface area contributed by atoms with Gasteiger partial charge in [-0.2, -0.15) is 0 Å². The van der Waals surface area contributed by atoms with Gasteiger partial charge in [-0.25, -0.2) is 0 Å². The van der Waals surface area contributed by atoms with Crippen molar-refractivity contribution in [3.8, 4) is 11.5 Å². The summed E-state index contributed by atoms with van der Waals surface area (Å²) in [5.41, 5.74) is 0.823. The molecule has 0 amide bonds. The third-order valence-corrected chi connectivity index (χ3v) is 2.49. The van der Waals surface area contributed by atoms with Crippen molar-refractivity contribution < 1.29 is 8.83 Å². The third kappa shape index (κ3) is 2.74. The van der Waals surface area contributed by atoms with E-state index in [1.807, 2.05) is 19.9 Å². The second kappa shape index (κ2) is 5.14. The topological polar surface area (TPSA) is 64.1 Å². The molecule has 0 saturated carbocycles. The fraction of sp³-hybridized carbons (Fsp3) is 0.500. The number of nitrogens with one attached hydrogen (secondary N) is 1. The Morgan fingerprint density at radius 1 is 1.41 bits per heavy atom. The molecular weight excluding hydrogens is 218 g/mol. The summed E-state index contributed by atoms with van der Waals surface area (Å²) in [5, 5.41) is 11.3. The van der Waals surface area contributed by atoms with E-state index in [0.717, 1.165) is 24.3 Å². The van der Waals surface area contributed by atoms with E-state index in [-0.39, 0.29) is 6.04 Å². The lowest BCUT2D eigenvalue weighted by Gasteiger charge is -2.07. The molecule has 17 heavy (non-hydrogen) atoms. The first-order chi connectivity index (χ1) is 8.20. The van der Waals surface area contributed by atoms with E-state index in [2.05, 4.69) is 22.4 Å². The Hall–Kier alpha value is -1.62. The molecule has 0 saturated heterocycles. The minimum absolute atomic E-state index is 0.0733. The zero-order chi connectivity index (χ0) is 12.3. The van der Waals surface area contributed by atoms with Crippen LogP contribution in [0.4, 0.5) is 0 Å². The maximum atomic E-state index is 5.60. The highest BCUT2D eigenvalue weighted by Crippen LogP contribution is 2.22. The van der Waals surface area contributed by atoms with Gasteiger partial charge in [-0.3, -0.25) is 0 Å². The molecule has 0 aliphatic heterocycles. The van der Waals surface area contributed by atoms with Crippen molar-refractivity contribution in [3.63, 3.8) is 0 Å². The molecule has 0 aromatic carbocycles. The number of aromatic nitrogens is 2. The van der Waals surface area contributed by atoms with Crippen molar-refractivity contribution in [2.75, 3.05) is 6.54 Å². The summed E-state index contributed by atoms with van der Waals surface area (Å²) in [6, 6.07) is 1.95. The lowest BCUT2D eigenvalue weighted by Crippen LogP contribution is -2.19. The van der Waals surface area contributed by atoms with Crippen LogP contribution in [0.3, 0.4) is 0 Å². The molecule has 2 heterocycles. The van der Waals surface area contributed by atoms with Gasteiger partial charge in [0.25, 0.3) is 5.89 Å². The van der Waals surface area contributed by atoms with Crippen molar-refractivity contribution in [3.05, 3.63) is 24.0 Å². The van der Waals surface area contributed by atoms with Gasteiger partial charge in [-0.05, 0) is 32.9 Å². The number of aryl methyl sites for hydroxylation is 1. The van der Waals surface area contributed by atoms with Gasteiger partial charge in [-0.15, -0.1) is 10.2 Å². The lowest BCUT2D eigenvalue weighted by atomic mass is 10.3. The second-order valence-electron chi connectivity index (χ2n) is 4.07. The van der Waals surface area contributed by atoms with Crippen LogP contribution in [-0.2, 0) is 0 Å². The van der Waals surface area contributed by atoms with Crippen molar-refractivity contribution in [1.29, 1.82) is 0 Å². The maximum absolute atomic E-state index is 5.60. The Bertz CT molecular complexity index is 476. The van der Waals surface area contributed by atoms with Gasteiger partial charge in [0, 0.05) is 0 Å². The highest BCUT2D eigenvalue weighted by atomic mass is 16.4. The molecule has 0 aliphatic carbocycles. The molecule has 0 bridgehead atoms. The Morgan fingerprint density at radius 2 is 2.24 bits per heavy atom. The van der Waals surface area contributed by atoms with E-state index in [0.29, 0.717) is 11.8 Å². The standard InChI is InChI=1S/C12H17N3O2/c1-4-5-13-9(3)11-14-15-12(17-11)10-6-8(2)16-7-10/h6-7,9,13H,4-5H2,1-3H3. The Kier molecular flexibility index (Phi) is 3.58. The van der Waals surface area contributed by atoms with E-state index in [1.165, 1.54) is 0 Å². The number of nitrogens with zero attached hydrogens (tertiary/aromatic N) is 2. The predicted octanol–water partition coefficient (Wildman–Crippen LogP) is 2.70. The van der Waals surface area contributed by atoms with Crippen molar-refractivity contribution >= 4 is 0 Å². The van der Waals surface area contributed by atoms with Gasteiger partial charge >= 0.3 is 0 Å². The zero-order valence-electron chi connectivity index (χ0n) is 10.4. The molecule has 0 fully saturated rings. The molecule has 92 valence electrons. The van der Waals surface area contributed by atoms with Gasteiger partial charge in [0.2, 0.25) is 5.89 Å². The third-order valence-electron chi connectivity index (χ3n) is 2.49. The van der Waals surface area contributed by atoms with Gasteiger partial charge in [0.15, 0.2) is 0 Å². The summed E-state index contributed by atoms with van der Waals surface area (Å²) in [6.07, 6.45) is 2.70. The first-order valence-electron chi connectivity index (χ1n) is 5.83. The molecule has 0 spiro atoms. The summed E-state index contributed by atoms with van der Waals surface area (Å²) >= 11 is 0. The Balaban J connectivity index is 2.10.